The van der Waals surface area contributed by atoms with Crippen LogP contribution < -0.4 is 0 Å². The SMILES string of the molecule is CCc1ccc(O)c(CC)c1-c1cc(O)ccc1O. The van der Waals surface area contributed by atoms with Crippen LogP contribution in [0.15, 0.2) is 30.3 Å². The molecule has 0 radical (unpaired) electrons. The fourth-order valence-electron chi connectivity index (χ4n) is 2.40. The largest absolute Gasteiger partial charge is 0.508 e. The summed E-state index contributed by atoms with van der Waals surface area (Å²) < 4.78 is 0. The van der Waals surface area contributed by atoms with Crippen LogP contribution >= 0.6 is 0 Å². The molecular weight excluding hydrogens is 240 g/mol. The Kier molecular flexibility index (Phi) is 3.65. The molecule has 0 saturated carbocycles. The molecule has 0 amide bonds. The molecule has 3 nitrogen and oxygen atoms in total. The van der Waals surface area contributed by atoms with Crippen LogP contribution in [0.1, 0.15) is 25.0 Å². The van der Waals surface area contributed by atoms with Gasteiger partial charge in [-0.3, -0.25) is 0 Å². The van der Waals surface area contributed by atoms with Gasteiger partial charge in [-0.05, 0) is 48.2 Å². The lowest BCUT2D eigenvalue weighted by atomic mass is 9.90. The average molecular weight is 258 g/mol. The Balaban J connectivity index is 2.79. The van der Waals surface area contributed by atoms with E-state index >= 15 is 0 Å². The van der Waals surface area contributed by atoms with E-state index < -0.39 is 0 Å². The number of hydrogen-bond acceptors (Lipinski definition) is 3. The Morgan fingerprint density at radius 3 is 2.16 bits per heavy atom. The quantitative estimate of drug-likeness (QED) is 0.737. The minimum atomic E-state index is 0.0975. The van der Waals surface area contributed by atoms with Crippen molar-refractivity contribution in [1.29, 1.82) is 0 Å². The highest BCUT2D eigenvalue weighted by Crippen LogP contribution is 2.40. The van der Waals surface area contributed by atoms with E-state index in [1.165, 1.54) is 18.2 Å². The maximum absolute atomic E-state index is 10.0. The van der Waals surface area contributed by atoms with Crippen LogP contribution in [0.4, 0.5) is 0 Å². The van der Waals surface area contributed by atoms with Gasteiger partial charge in [-0.1, -0.05) is 19.9 Å². The van der Waals surface area contributed by atoms with Gasteiger partial charge < -0.3 is 15.3 Å². The lowest BCUT2D eigenvalue weighted by molar-refractivity contribution is 0.460. The van der Waals surface area contributed by atoms with E-state index in [0.29, 0.717) is 12.0 Å². The van der Waals surface area contributed by atoms with Crippen molar-refractivity contribution >= 4 is 0 Å². The molecule has 0 aliphatic carbocycles. The minimum absolute atomic E-state index is 0.0975. The molecule has 0 heterocycles. The van der Waals surface area contributed by atoms with E-state index in [4.69, 9.17) is 0 Å². The number of rotatable bonds is 3. The molecule has 0 fully saturated rings. The molecule has 0 bridgehead atoms. The number of phenolic OH excluding ortho intramolecular Hbond substituents is 3. The predicted octanol–water partition coefficient (Wildman–Crippen LogP) is 3.60. The van der Waals surface area contributed by atoms with Crippen molar-refractivity contribution in [3.63, 3.8) is 0 Å². The fraction of sp³-hybridized carbons (Fsp3) is 0.250. The minimum Gasteiger partial charge on any atom is -0.508 e. The molecule has 0 saturated heterocycles. The lowest BCUT2D eigenvalue weighted by Gasteiger charge is -2.16. The first-order valence-electron chi connectivity index (χ1n) is 6.44. The van der Waals surface area contributed by atoms with Gasteiger partial charge in [-0.2, -0.15) is 0 Å². The van der Waals surface area contributed by atoms with E-state index in [9.17, 15) is 15.3 Å². The molecule has 3 heteroatoms. The molecule has 100 valence electrons. The topological polar surface area (TPSA) is 60.7 Å². The number of aryl methyl sites for hydroxylation is 1. The fourth-order valence-corrected chi connectivity index (χ4v) is 2.40. The number of phenols is 3. The smallest absolute Gasteiger partial charge is 0.123 e. The van der Waals surface area contributed by atoms with Gasteiger partial charge in [0.15, 0.2) is 0 Å². The van der Waals surface area contributed by atoms with Gasteiger partial charge >= 0.3 is 0 Å². The van der Waals surface area contributed by atoms with Crippen molar-refractivity contribution in [3.05, 3.63) is 41.5 Å². The summed E-state index contributed by atoms with van der Waals surface area (Å²) in [6.07, 6.45) is 1.45. The lowest BCUT2D eigenvalue weighted by Crippen LogP contribution is -1.95. The Morgan fingerprint density at radius 1 is 0.842 bits per heavy atom. The standard InChI is InChI=1S/C16H18O3/c1-3-10-5-7-14(18)12(4-2)16(10)13-9-11(17)6-8-15(13)19/h5-9,17-19H,3-4H2,1-2H3. The Labute approximate surface area is 112 Å². The first-order valence-corrected chi connectivity index (χ1v) is 6.44. The van der Waals surface area contributed by atoms with E-state index in [1.54, 1.807) is 6.07 Å². The summed E-state index contributed by atoms with van der Waals surface area (Å²) in [7, 11) is 0. The molecule has 0 aromatic heterocycles. The van der Waals surface area contributed by atoms with Crippen LogP contribution in [-0.4, -0.2) is 15.3 Å². The Hall–Kier alpha value is -2.16. The van der Waals surface area contributed by atoms with Gasteiger partial charge in [-0.25, -0.2) is 0 Å². The molecule has 2 aromatic carbocycles. The molecule has 0 atom stereocenters. The van der Waals surface area contributed by atoms with Crippen molar-refractivity contribution in [1.82, 2.24) is 0 Å². The molecule has 0 spiro atoms. The highest BCUT2D eigenvalue weighted by molar-refractivity contribution is 5.79. The summed E-state index contributed by atoms with van der Waals surface area (Å²) in [6.45, 7) is 3.98. The Bertz CT molecular complexity index is 603. The van der Waals surface area contributed by atoms with Crippen LogP contribution in [0.3, 0.4) is 0 Å². The number of aromatic hydroxyl groups is 3. The zero-order chi connectivity index (χ0) is 14.0. The Morgan fingerprint density at radius 2 is 1.53 bits per heavy atom. The molecule has 0 aliphatic heterocycles. The van der Waals surface area contributed by atoms with Crippen molar-refractivity contribution in [2.75, 3.05) is 0 Å². The third kappa shape index (κ3) is 2.36. The van der Waals surface area contributed by atoms with Crippen LogP contribution in [0.2, 0.25) is 0 Å². The summed E-state index contributed by atoms with van der Waals surface area (Å²) in [6, 6.07) is 7.98. The summed E-state index contributed by atoms with van der Waals surface area (Å²) in [5.74, 6) is 0.422. The maximum atomic E-state index is 10.0. The predicted molar refractivity (Wildman–Crippen MR) is 75.6 cm³/mol. The second-order valence-electron chi connectivity index (χ2n) is 4.51. The van der Waals surface area contributed by atoms with E-state index in [1.807, 2.05) is 19.9 Å². The third-order valence-corrected chi connectivity index (χ3v) is 3.36. The molecule has 2 rings (SSSR count). The molecule has 2 aromatic rings. The van der Waals surface area contributed by atoms with Gasteiger partial charge in [0.2, 0.25) is 0 Å². The van der Waals surface area contributed by atoms with E-state index in [2.05, 4.69) is 0 Å². The first-order chi connectivity index (χ1) is 9.08. The first kappa shape index (κ1) is 13.3. The van der Waals surface area contributed by atoms with Crippen molar-refractivity contribution in [2.24, 2.45) is 0 Å². The summed E-state index contributed by atoms with van der Waals surface area (Å²) in [5.41, 5.74) is 3.21. The molecular formula is C16H18O3. The second kappa shape index (κ2) is 5.22. The van der Waals surface area contributed by atoms with Crippen LogP contribution in [0, 0.1) is 0 Å². The average Bonchev–Trinajstić information content (AvgIpc) is 2.41. The molecule has 19 heavy (non-hydrogen) atoms. The van der Waals surface area contributed by atoms with Crippen LogP contribution in [-0.2, 0) is 12.8 Å². The van der Waals surface area contributed by atoms with Gasteiger partial charge in [0.05, 0.1) is 0 Å². The highest BCUT2D eigenvalue weighted by Gasteiger charge is 2.16. The summed E-state index contributed by atoms with van der Waals surface area (Å²) in [5, 5.41) is 29.6. The van der Waals surface area contributed by atoms with E-state index in [-0.39, 0.29) is 17.2 Å². The molecule has 0 unspecified atom stereocenters. The van der Waals surface area contributed by atoms with Crippen molar-refractivity contribution in [2.45, 2.75) is 26.7 Å². The number of hydrogen-bond donors (Lipinski definition) is 3. The molecule has 0 aliphatic rings. The number of benzene rings is 2. The zero-order valence-corrected chi connectivity index (χ0v) is 11.1. The van der Waals surface area contributed by atoms with Crippen molar-refractivity contribution in [3.8, 4) is 28.4 Å². The maximum Gasteiger partial charge on any atom is 0.123 e. The van der Waals surface area contributed by atoms with Crippen molar-refractivity contribution < 1.29 is 15.3 Å². The zero-order valence-electron chi connectivity index (χ0n) is 11.1. The van der Waals surface area contributed by atoms with Gasteiger partial charge in [0.1, 0.15) is 17.2 Å². The van der Waals surface area contributed by atoms with Crippen LogP contribution in [0.5, 0.6) is 17.2 Å². The van der Waals surface area contributed by atoms with Gasteiger partial charge in [-0.15, -0.1) is 0 Å². The normalized spacial score (nSPS) is 10.6. The highest BCUT2D eigenvalue weighted by atomic mass is 16.3. The summed E-state index contributed by atoms with van der Waals surface area (Å²) >= 11 is 0. The second-order valence-corrected chi connectivity index (χ2v) is 4.51. The van der Waals surface area contributed by atoms with Gasteiger partial charge in [0.25, 0.3) is 0 Å². The molecule has 3 N–H and O–H groups in total. The van der Waals surface area contributed by atoms with E-state index in [0.717, 1.165) is 23.1 Å². The third-order valence-electron chi connectivity index (χ3n) is 3.36. The van der Waals surface area contributed by atoms with Crippen LogP contribution in [0.25, 0.3) is 11.1 Å². The monoisotopic (exact) mass is 258 g/mol. The summed E-state index contributed by atoms with van der Waals surface area (Å²) in [4.78, 5) is 0. The van der Waals surface area contributed by atoms with Gasteiger partial charge in [0, 0.05) is 11.1 Å².